The Kier molecular flexibility index (Phi) is 4.82. The van der Waals surface area contributed by atoms with Crippen molar-refractivity contribution >= 4 is 29.3 Å². The van der Waals surface area contributed by atoms with E-state index >= 15 is 0 Å². The van der Waals surface area contributed by atoms with Crippen molar-refractivity contribution in [3.63, 3.8) is 0 Å². The molecule has 0 saturated carbocycles. The van der Waals surface area contributed by atoms with Gasteiger partial charge in [-0.25, -0.2) is 9.78 Å². The summed E-state index contributed by atoms with van der Waals surface area (Å²) >= 11 is 5.73. The molecule has 0 saturated heterocycles. The van der Waals surface area contributed by atoms with E-state index in [1.807, 2.05) is 6.92 Å². The second-order valence-electron chi connectivity index (χ2n) is 4.81. The molecule has 0 spiro atoms. The van der Waals surface area contributed by atoms with Crippen LogP contribution in [0.15, 0.2) is 24.5 Å². The Morgan fingerprint density at radius 1 is 1.41 bits per heavy atom. The minimum Gasteiger partial charge on any atom is -0.478 e. The van der Waals surface area contributed by atoms with Gasteiger partial charge in [0.05, 0.1) is 17.0 Å². The van der Waals surface area contributed by atoms with E-state index in [9.17, 15) is 14.7 Å². The first kappa shape index (κ1) is 16.0. The van der Waals surface area contributed by atoms with Crippen LogP contribution in [0.5, 0.6) is 0 Å². The quantitative estimate of drug-likeness (QED) is 0.886. The highest BCUT2D eigenvalue weighted by molar-refractivity contribution is 6.30. The summed E-state index contributed by atoms with van der Waals surface area (Å²) in [7, 11) is 0. The van der Waals surface area contributed by atoms with E-state index in [4.69, 9.17) is 11.6 Å². The van der Waals surface area contributed by atoms with Crippen LogP contribution in [0, 0.1) is 6.92 Å². The molecule has 1 amide bonds. The molecule has 0 bridgehead atoms. The zero-order chi connectivity index (χ0) is 16.3. The number of carboxylic acids is 1. The molecule has 0 fully saturated rings. The van der Waals surface area contributed by atoms with Gasteiger partial charge >= 0.3 is 5.97 Å². The summed E-state index contributed by atoms with van der Waals surface area (Å²) in [6.07, 6.45) is 3.14. The number of carboxylic acid groups (broad SMARTS) is 1. The highest BCUT2D eigenvalue weighted by atomic mass is 35.5. The number of hydrogen-bond acceptors (Lipinski definition) is 3. The van der Waals surface area contributed by atoms with Crippen LogP contribution < -0.4 is 5.32 Å². The van der Waals surface area contributed by atoms with Crippen molar-refractivity contribution in [1.29, 1.82) is 0 Å². The molecule has 0 radical (unpaired) electrons. The summed E-state index contributed by atoms with van der Waals surface area (Å²) in [6, 6.07) is 3.20. The van der Waals surface area contributed by atoms with E-state index in [0.29, 0.717) is 28.6 Å². The summed E-state index contributed by atoms with van der Waals surface area (Å²) in [4.78, 5) is 27.5. The first-order valence-electron chi connectivity index (χ1n) is 6.75. The van der Waals surface area contributed by atoms with E-state index in [1.54, 1.807) is 29.8 Å². The van der Waals surface area contributed by atoms with Crippen molar-refractivity contribution in [2.24, 2.45) is 0 Å². The SMILES string of the molecule is CCn1cc(C)c(C(=O)O)c1CC(=O)Nc1ccc(Cl)cn1. The molecule has 6 nitrogen and oxygen atoms in total. The Labute approximate surface area is 132 Å². The summed E-state index contributed by atoms with van der Waals surface area (Å²) in [5.74, 6) is -0.986. The third-order valence-corrected chi connectivity index (χ3v) is 3.48. The Hall–Kier alpha value is -2.34. The molecule has 116 valence electrons. The molecule has 22 heavy (non-hydrogen) atoms. The van der Waals surface area contributed by atoms with Gasteiger partial charge in [-0.2, -0.15) is 0 Å². The number of carbonyl (C=O) groups excluding carboxylic acids is 1. The number of hydrogen-bond donors (Lipinski definition) is 2. The molecule has 7 heteroatoms. The largest absolute Gasteiger partial charge is 0.478 e. The zero-order valence-electron chi connectivity index (χ0n) is 12.3. The van der Waals surface area contributed by atoms with Crippen LogP contribution in [0.3, 0.4) is 0 Å². The molecule has 0 aliphatic rings. The number of nitrogens with zero attached hydrogens (tertiary/aromatic N) is 2. The number of carbonyl (C=O) groups is 2. The van der Waals surface area contributed by atoms with Crippen LogP contribution in [-0.4, -0.2) is 26.5 Å². The van der Waals surface area contributed by atoms with Crippen molar-refractivity contribution in [2.75, 3.05) is 5.32 Å². The fraction of sp³-hybridized carbons (Fsp3) is 0.267. The number of aryl methyl sites for hydroxylation is 2. The maximum absolute atomic E-state index is 12.1. The van der Waals surface area contributed by atoms with E-state index in [2.05, 4.69) is 10.3 Å². The van der Waals surface area contributed by atoms with E-state index in [0.717, 1.165) is 0 Å². The second kappa shape index (κ2) is 6.62. The summed E-state index contributed by atoms with van der Waals surface area (Å²) in [5.41, 5.74) is 1.31. The lowest BCUT2D eigenvalue weighted by atomic mass is 10.1. The van der Waals surface area contributed by atoms with Crippen molar-refractivity contribution < 1.29 is 14.7 Å². The number of aromatic nitrogens is 2. The average Bonchev–Trinajstić information content (AvgIpc) is 2.77. The molecule has 0 aliphatic carbocycles. The molecule has 2 aromatic rings. The first-order valence-corrected chi connectivity index (χ1v) is 7.13. The fourth-order valence-electron chi connectivity index (χ4n) is 2.30. The summed E-state index contributed by atoms with van der Waals surface area (Å²) in [6.45, 7) is 4.21. The predicted molar refractivity (Wildman–Crippen MR) is 83.4 cm³/mol. The van der Waals surface area contributed by atoms with Gasteiger partial charge in [0.15, 0.2) is 0 Å². The number of halogens is 1. The Balaban J connectivity index is 2.21. The first-order chi connectivity index (χ1) is 10.4. The molecule has 0 aromatic carbocycles. The standard InChI is InChI=1S/C15H16ClN3O3/c1-3-19-8-9(2)14(15(21)22)11(19)6-13(20)18-12-5-4-10(16)7-17-12/h4-5,7-8H,3,6H2,1-2H3,(H,21,22)(H,17,18,20). The van der Waals surface area contributed by atoms with Crippen LogP contribution in [0.4, 0.5) is 5.82 Å². The molecular weight excluding hydrogens is 306 g/mol. The number of amides is 1. The average molecular weight is 322 g/mol. The smallest absolute Gasteiger partial charge is 0.337 e. The van der Waals surface area contributed by atoms with Crippen molar-refractivity contribution in [1.82, 2.24) is 9.55 Å². The lowest BCUT2D eigenvalue weighted by Gasteiger charge is -2.09. The third-order valence-electron chi connectivity index (χ3n) is 3.26. The number of nitrogens with one attached hydrogen (secondary N) is 1. The molecule has 0 aliphatic heterocycles. The monoisotopic (exact) mass is 321 g/mol. The van der Waals surface area contributed by atoms with E-state index < -0.39 is 5.97 Å². The van der Waals surface area contributed by atoms with Gasteiger partial charge in [0, 0.05) is 24.6 Å². The molecule has 2 rings (SSSR count). The van der Waals surface area contributed by atoms with Crippen LogP contribution >= 0.6 is 11.6 Å². The molecule has 2 aromatic heterocycles. The third kappa shape index (κ3) is 3.46. The van der Waals surface area contributed by atoms with Crippen LogP contribution in [0.1, 0.15) is 28.5 Å². The Morgan fingerprint density at radius 3 is 2.68 bits per heavy atom. The minimum atomic E-state index is -1.03. The predicted octanol–water partition coefficient (Wildman–Crippen LogP) is 2.74. The number of rotatable bonds is 5. The zero-order valence-corrected chi connectivity index (χ0v) is 13.0. The molecule has 0 atom stereocenters. The normalized spacial score (nSPS) is 10.5. The minimum absolute atomic E-state index is 0.0341. The fourth-order valence-corrected chi connectivity index (χ4v) is 2.41. The van der Waals surface area contributed by atoms with E-state index in [-0.39, 0.29) is 17.9 Å². The van der Waals surface area contributed by atoms with Gasteiger partial charge in [-0.15, -0.1) is 0 Å². The lowest BCUT2D eigenvalue weighted by Crippen LogP contribution is -2.19. The number of anilines is 1. The van der Waals surface area contributed by atoms with Crippen LogP contribution in [-0.2, 0) is 17.8 Å². The van der Waals surface area contributed by atoms with Crippen molar-refractivity contribution in [3.05, 3.63) is 46.4 Å². The van der Waals surface area contributed by atoms with Gasteiger partial charge < -0.3 is 15.0 Å². The van der Waals surface area contributed by atoms with Crippen LogP contribution in [0.25, 0.3) is 0 Å². The van der Waals surface area contributed by atoms with Crippen molar-refractivity contribution in [2.45, 2.75) is 26.8 Å². The van der Waals surface area contributed by atoms with Gasteiger partial charge in [0.1, 0.15) is 5.82 Å². The Bertz CT molecular complexity index is 708. The molecule has 0 unspecified atom stereocenters. The highest BCUT2D eigenvalue weighted by Gasteiger charge is 2.20. The van der Waals surface area contributed by atoms with Gasteiger partial charge in [-0.05, 0) is 31.5 Å². The number of aromatic carboxylic acids is 1. The van der Waals surface area contributed by atoms with Gasteiger partial charge in [0.25, 0.3) is 0 Å². The van der Waals surface area contributed by atoms with Gasteiger partial charge in [-0.3, -0.25) is 4.79 Å². The molecule has 2 N–H and O–H groups in total. The Morgan fingerprint density at radius 2 is 2.14 bits per heavy atom. The molecular formula is C15H16ClN3O3. The van der Waals surface area contributed by atoms with Crippen LogP contribution in [0.2, 0.25) is 5.02 Å². The maximum Gasteiger partial charge on any atom is 0.337 e. The lowest BCUT2D eigenvalue weighted by molar-refractivity contribution is -0.115. The maximum atomic E-state index is 12.1. The van der Waals surface area contributed by atoms with E-state index in [1.165, 1.54) is 6.20 Å². The summed E-state index contributed by atoms with van der Waals surface area (Å²) in [5, 5.41) is 12.4. The van der Waals surface area contributed by atoms with Gasteiger partial charge in [-0.1, -0.05) is 11.6 Å². The van der Waals surface area contributed by atoms with Gasteiger partial charge in [0.2, 0.25) is 5.91 Å². The topological polar surface area (TPSA) is 84.2 Å². The second-order valence-corrected chi connectivity index (χ2v) is 5.25. The molecule has 2 heterocycles. The summed E-state index contributed by atoms with van der Waals surface area (Å²) < 4.78 is 1.77. The number of pyridine rings is 1. The highest BCUT2D eigenvalue weighted by Crippen LogP contribution is 2.19. The van der Waals surface area contributed by atoms with Crippen molar-refractivity contribution in [3.8, 4) is 0 Å².